The molecule has 5 nitrogen and oxygen atoms in total. The van der Waals surface area contributed by atoms with Gasteiger partial charge in [0.15, 0.2) is 0 Å². The number of thioether (sulfide) groups is 1. The van der Waals surface area contributed by atoms with Crippen LogP contribution in [0.1, 0.15) is 48.3 Å². The first kappa shape index (κ1) is 19.6. The highest BCUT2D eigenvalue weighted by Gasteiger charge is 2.30. The van der Waals surface area contributed by atoms with E-state index in [0.717, 1.165) is 53.2 Å². The summed E-state index contributed by atoms with van der Waals surface area (Å²) in [6.07, 6.45) is 3.21. The number of fused-ring (bicyclic) bond motifs is 2. The lowest BCUT2D eigenvalue weighted by molar-refractivity contribution is -0.132. The number of para-hydroxylation sites is 3. The van der Waals surface area contributed by atoms with Gasteiger partial charge in [0.25, 0.3) is 0 Å². The summed E-state index contributed by atoms with van der Waals surface area (Å²) in [4.78, 5) is 28.1. The van der Waals surface area contributed by atoms with Crippen LogP contribution in [0.2, 0.25) is 0 Å². The van der Waals surface area contributed by atoms with Crippen molar-refractivity contribution in [2.45, 2.75) is 37.5 Å². The number of amides is 1. The number of hydrogen-bond donors (Lipinski definition) is 1. The molecule has 2 unspecified atom stereocenters. The van der Waals surface area contributed by atoms with Crippen molar-refractivity contribution in [3.63, 3.8) is 0 Å². The lowest BCUT2D eigenvalue weighted by Crippen LogP contribution is -2.39. The molecule has 2 atom stereocenters. The number of imidazole rings is 1. The van der Waals surface area contributed by atoms with Crippen molar-refractivity contribution in [2.75, 3.05) is 12.3 Å². The fourth-order valence-corrected chi connectivity index (χ4v) is 5.99. The summed E-state index contributed by atoms with van der Waals surface area (Å²) >= 11 is 3.37. The summed E-state index contributed by atoms with van der Waals surface area (Å²) in [5.41, 5.74) is 3.04. The SMILES string of the molecule is CC(SCC(=O)N1CCCCC1c1nc2ccccc2s1)c1nc2ccccc2[nH]1. The van der Waals surface area contributed by atoms with Crippen molar-refractivity contribution in [1.29, 1.82) is 0 Å². The number of H-pyrrole nitrogens is 1. The van der Waals surface area contributed by atoms with Gasteiger partial charge in [0.05, 0.1) is 38.3 Å². The molecule has 1 aliphatic rings. The minimum absolute atomic E-state index is 0.103. The molecule has 1 N–H and O–H groups in total. The fourth-order valence-electron chi connectivity index (χ4n) is 4.04. The van der Waals surface area contributed by atoms with Gasteiger partial charge in [-0.05, 0) is 50.5 Å². The minimum atomic E-state index is 0.103. The number of aromatic nitrogens is 3. The summed E-state index contributed by atoms with van der Waals surface area (Å²) in [5.74, 6) is 1.59. The van der Waals surface area contributed by atoms with Gasteiger partial charge < -0.3 is 9.88 Å². The van der Waals surface area contributed by atoms with E-state index in [-0.39, 0.29) is 17.2 Å². The van der Waals surface area contributed by atoms with Gasteiger partial charge in [0.1, 0.15) is 10.8 Å². The van der Waals surface area contributed by atoms with Crippen LogP contribution in [0, 0.1) is 0 Å². The number of benzene rings is 2. The predicted octanol–water partition coefficient (Wildman–Crippen LogP) is 5.72. The van der Waals surface area contributed by atoms with Gasteiger partial charge in [-0.25, -0.2) is 9.97 Å². The van der Waals surface area contributed by atoms with Gasteiger partial charge in [0, 0.05) is 6.54 Å². The quantitative estimate of drug-likeness (QED) is 0.435. The van der Waals surface area contributed by atoms with Crippen LogP contribution in [0.5, 0.6) is 0 Å². The molecule has 1 fully saturated rings. The Kier molecular flexibility index (Phi) is 5.48. The first-order valence-corrected chi connectivity index (χ1v) is 12.3. The van der Waals surface area contributed by atoms with Crippen LogP contribution < -0.4 is 0 Å². The van der Waals surface area contributed by atoms with Gasteiger partial charge in [-0.2, -0.15) is 0 Å². The number of likely N-dealkylation sites (tertiary alicyclic amines) is 1. The van der Waals surface area contributed by atoms with E-state index in [9.17, 15) is 4.79 Å². The molecule has 5 rings (SSSR count). The summed E-state index contributed by atoms with van der Waals surface area (Å²) in [7, 11) is 0. The molecule has 30 heavy (non-hydrogen) atoms. The first-order valence-electron chi connectivity index (χ1n) is 10.4. The van der Waals surface area contributed by atoms with E-state index < -0.39 is 0 Å². The summed E-state index contributed by atoms with van der Waals surface area (Å²) in [6, 6.07) is 16.4. The van der Waals surface area contributed by atoms with Crippen molar-refractivity contribution in [1.82, 2.24) is 19.9 Å². The van der Waals surface area contributed by atoms with E-state index in [4.69, 9.17) is 4.98 Å². The summed E-state index contributed by atoms with van der Waals surface area (Å²) in [6.45, 7) is 2.93. The molecule has 0 aliphatic carbocycles. The van der Waals surface area contributed by atoms with Gasteiger partial charge in [0.2, 0.25) is 5.91 Å². The van der Waals surface area contributed by atoms with Gasteiger partial charge in [-0.3, -0.25) is 4.79 Å². The molecular weight excluding hydrogens is 412 g/mol. The number of rotatable bonds is 5. The van der Waals surface area contributed by atoms with E-state index in [1.165, 1.54) is 4.70 Å². The largest absolute Gasteiger partial charge is 0.341 e. The van der Waals surface area contributed by atoms with Gasteiger partial charge >= 0.3 is 0 Å². The van der Waals surface area contributed by atoms with E-state index in [2.05, 4.69) is 33.9 Å². The fraction of sp³-hybridized carbons (Fsp3) is 0.348. The maximum atomic E-state index is 13.2. The summed E-state index contributed by atoms with van der Waals surface area (Å²) in [5, 5.41) is 1.20. The number of carbonyl (C=O) groups excluding carboxylic acids is 1. The number of nitrogens with zero attached hydrogens (tertiary/aromatic N) is 3. The zero-order chi connectivity index (χ0) is 20.5. The highest BCUT2D eigenvalue weighted by Crippen LogP contribution is 2.36. The zero-order valence-corrected chi connectivity index (χ0v) is 18.5. The van der Waals surface area contributed by atoms with Crippen LogP contribution in [0.15, 0.2) is 48.5 Å². The lowest BCUT2D eigenvalue weighted by atomic mass is 10.0. The second-order valence-corrected chi connectivity index (χ2v) is 10.1. The summed E-state index contributed by atoms with van der Waals surface area (Å²) < 4.78 is 1.19. The minimum Gasteiger partial charge on any atom is -0.341 e. The molecule has 7 heteroatoms. The van der Waals surface area contributed by atoms with Crippen LogP contribution in [0.25, 0.3) is 21.3 Å². The molecule has 3 heterocycles. The first-order chi connectivity index (χ1) is 14.7. The molecule has 4 aromatic rings. The molecule has 154 valence electrons. The third-order valence-electron chi connectivity index (χ3n) is 5.67. The Balaban J connectivity index is 1.28. The number of carbonyl (C=O) groups is 1. The van der Waals surface area contributed by atoms with E-state index in [1.807, 2.05) is 36.4 Å². The smallest absolute Gasteiger partial charge is 0.233 e. The van der Waals surface area contributed by atoms with Crippen molar-refractivity contribution in [2.24, 2.45) is 0 Å². The highest BCUT2D eigenvalue weighted by atomic mass is 32.2. The molecule has 0 saturated carbocycles. The zero-order valence-electron chi connectivity index (χ0n) is 16.9. The number of piperidine rings is 1. The second kappa shape index (κ2) is 8.40. The van der Waals surface area contributed by atoms with E-state index >= 15 is 0 Å². The van der Waals surface area contributed by atoms with Crippen molar-refractivity contribution < 1.29 is 4.79 Å². The lowest BCUT2D eigenvalue weighted by Gasteiger charge is -2.34. The standard InChI is InChI=1S/C23H24N4OS2/c1-15(22-24-16-8-2-3-9-17(16)25-22)29-14-21(28)27-13-7-6-11-19(27)23-26-18-10-4-5-12-20(18)30-23/h2-5,8-10,12,15,19H,6-7,11,13-14H2,1H3,(H,24,25). The molecular formula is C23H24N4OS2. The average Bonchev–Trinajstić information content (AvgIpc) is 3.41. The van der Waals surface area contributed by atoms with Crippen LogP contribution in [0.3, 0.4) is 0 Å². The van der Waals surface area contributed by atoms with E-state index in [0.29, 0.717) is 5.75 Å². The molecule has 1 saturated heterocycles. The molecule has 2 aromatic heterocycles. The van der Waals surface area contributed by atoms with Crippen molar-refractivity contribution >= 4 is 50.3 Å². The average molecular weight is 437 g/mol. The van der Waals surface area contributed by atoms with Crippen LogP contribution in [-0.4, -0.2) is 38.1 Å². The Morgan fingerprint density at radius 3 is 2.80 bits per heavy atom. The topological polar surface area (TPSA) is 61.9 Å². The maximum absolute atomic E-state index is 13.2. The third-order valence-corrected chi connectivity index (χ3v) is 7.94. The Hall–Kier alpha value is -2.38. The second-order valence-electron chi connectivity index (χ2n) is 7.71. The number of thiazole rings is 1. The normalized spacial score (nSPS) is 18.2. The molecule has 0 spiro atoms. The molecule has 0 radical (unpaired) electrons. The molecule has 1 amide bonds. The monoisotopic (exact) mass is 436 g/mol. The number of nitrogens with one attached hydrogen (secondary N) is 1. The van der Waals surface area contributed by atoms with Gasteiger partial charge in [-0.15, -0.1) is 23.1 Å². The molecule has 2 aromatic carbocycles. The van der Waals surface area contributed by atoms with Gasteiger partial charge in [-0.1, -0.05) is 24.3 Å². The van der Waals surface area contributed by atoms with Crippen LogP contribution in [0.4, 0.5) is 0 Å². The van der Waals surface area contributed by atoms with Crippen LogP contribution >= 0.6 is 23.1 Å². The Morgan fingerprint density at radius 2 is 1.97 bits per heavy atom. The third kappa shape index (κ3) is 3.84. The molecule has 1 aliphatic heterocycles. The van der Waals surface area contributed by atoms with Crippen LogP contribution in [-0.2, 0) is 4.79 Å². The Morgan fingerprint density at radius 1 is 1.17 bits per heavy atom. The number of aromatic amines is 1. The molecule has 0 bridgehead atoms. The number of hydrogen-bond acceptors (Lipinski definition) is 5. The predicted molar refractivity (Wildman–Crippen MR) is 125 cm³/mol. The Bertz CT molecular complexity index is 1120. The maximum Gasteiger partial charge on any atom is 0.233 e. The van der Waals surface area contributed by atoms with E-state index in [1.54, 1.807) is 23.1 Å². The van der Waals surface area contributed by atoms with Crippen molar-refractivity contribution in [3.8, 4) is 0 Å². The highest BCUT2D eigenvalue weighted by molar-refractivity contribution is 8.00. The van der Waals surface area contributed by atoms with Crippen molar-refractivity contribution in [3.05, 3.63) is 59.4 Å². The Labute approximate surface area is 183 Å².